The Morgan fingerprint density at radius 2 is 2.19 bits per heavy atom. The number of aliphatic carboxylic acids is 1. The second kappa shape index (κ2) is 5.46. The number of para-hydroxylation sites is 1. The minimum Gasteiger partial charge on any atom is -0.479 e. The molecular weight excluding hydrogens is 226 g/mol. The second-order valence-electron chi connectivity index (χ2n) is 3.21. The molecule has 0 bridgehead atoms. The summed E-state index contributed by atoms with van der Waals surface area (Å²) in [6.45, 7) is 1.74. The molecule has 0 aromatic heterocycles. The summed E-state index contributed by atoms with van der Waals surface area (Å²) in [5.74, 6) is -0.593. The average molecular weight is 239 g/mol. The molecule has 1 rings (SSSR count). The van der Waals surface area contributed by atoms with Gasteiger partial charge in [-0.15, -0.1) is 0 Å². The maximum absolute atomic E-state index is 10.8. The van der Waals surface area contributed by atoms with Crippen LogP contribution in [0.25, 0.3) is 0 Å². The van der Waals surface area contributed by atoms with E-state index in [-0.39, 0.29) is 4.99 Å². The molecule has 1 atom stereocenters. The SMILES string of the molecule is CCC(Oc1ccccc1C(N)=S)C(=O)O. The van der Waals surface area contributed by atoms with Gasteiger partial charge in [-0.05, 0) is 18.6 Å². The smallest absolute Gasteiger partial charge is 0.344 e. The molecule has 0 saturated heterocycles. The van der Waals surface area contributed by atoms with Gasteiger partial charge < -0.3 is 15.6 Å². The highest BCUT2D eigenvalue weighted by Crippen LogP contribution is 2.20. The van der Waals surface area contributed by atoms with Gasteiger partial charge in [0.15, 0.2) is 6.10 Å². The molecule has 86 valence electrons. The van der Waals surface area contributed by atoms with Crippen LogP contribution < -0.4 is 10.5 Å². The Kier molecular flexibility index (Phi) is 4.25. The second-order valence-corrected chi connectivity index (χ2v) is 3.65. The fourth-order valence-electron chi connectivity index (χ4n) is 1.23. The summed E-state index contributed by atoms with van der Waals surface area (Å²) in [5, 5.41) is 8.87. The van der Waals surface area contributed by atoms with Crippen LogP contribution in [0.3, 0.4) is 0 Å². The highest BCUT2D eigenvalue weighted by molar-refractivity contribution is 7.80. The van der Waals surface area contributed by atoms with Gasteiger partial charge in [-0.25, -0.2) is 4.79 Å². The first kappa shape index (κ1) is 12.4. The molecule has 0 radical (unpaired) electrons. The number of nitrogens with two attached hydrogens (primary N) is 1. The van der Waals surface area contributed by atoms with Crippen molar-refractivity contribution >= 4 is 23.2 Å². The maximum Gasteiger partial charge on any atom is 0.344 e. The van der Waals surface area contributed by atoms with Gasteiger partial charge in [0.05, 0.1) is 5.56 Å². The van der Waals surface area contributed by atoms with Gasteiger partial charge in [0.2, 0.25) is 0 Å². The number of carboxylic acids is 1. The fourth-order valence-corrected chi connectivity index (χ4v) is 1.40. The summed E-state index contributed by atoms with van der Waals surface area (Å²) < 4.78 is 5.35. The zero-order valence-electron chi connectivity index (χ0n) is 8.84. The number of carbonyl (C=O) groups is 1. The van der Waals surface area contributed by atoms with Crippen molar-refractivity contribution in [2.45, 2.75) is 19.4 Å². The zero-order chi connectivity index (χ0) is 12.1. The summed E-state index contributed by atoms with van der Waals surface area (Å²) in [6.07, 6.45) is -0.503. The lowest BCUT2D eigenvalue weighted by Gasteiger charge is -2.15. The molecule has 0 aliphatic heterocycles. The third kappa shape index (κ3) is 2.93. The Labute approximate surface area is 99.0 Å². The molecule has 0 spiro atoms. The summed E-state index contributed by atoms with van der Waals surface area (Å²) >= 11 is 4.85. The molecule has 0 aliphatic rings. The van der Waals surface area contributed by atoms with E-state index >= 15 is 0 Å². The molecule has 0 fully saturated rings. The number of hydrogen-bond donors (Lipinski definition) is 2. The van der Waals surface area contributed by atoms with E-state index in [1.807, 2.05) is 0 Å². The third-order valence-electron chi connectivity index (χ3n) is 2.07. The van der Waals surface area contributed by atoms with E-state index in [1.54, 1.807) is 31.2 Å². The lowest BCUT2D eigenvalue weighted by molar-refractivity contribution is -0.145. The quantitative estimate of drug-likeness (QED) is 0.763. The molecular formula is C11H13NO3S. The van der Waals surface area contributed by atoms with Crippen molar-refractivity contribution in [1.29, 1.82) is 0 Å². The van der Waals surface area contributed by atoms with Gasteiger partial charge in [0.25, 0.3) is 0 Å². The Morgan fingerprint density at radius 1 is 1.56 bits per heavy atom. The van der Waals surface area contributed by atoms with Gasteiger partial charge in [-0.1, -0.05) is 31.3 Å². The number of hydrogen-bond acceptors (Lipinski definition) is 3. The molecule has 16 heavy (non-hydrogen) atoms. The zero-order valence-corrected chi connectivity index (χ0v) is 9.66. The predicted octanol–water partition coefficient (Wildman–Crippen LogP) is 1.56. The van der Waals surface area contributed by atoms with E-state index in [0.29, 0.717) is 17.7 Å². The van der Waals surface area contributed by atoms with E-state index in [4.69, 9.17) is 27.8 Å². The first-order valence-corrected chi connectivity index (χ1v) is 5.25. The van der Waals surface area contributed by atoms with E-state index in [1.165, 1.54) is 0 Å². The van der Waals surface area contributed by atoms with E-state index in [9.17, 15) is 4.79 Å². The van der Waals surface area contributed by atoms with E-state index in [2.05, 4.69) is 0 Å². The Hall–Kier alpha value is -1.62. The van der Waals surface area contributed by atoms with Crippen molar-refractivity contribution in [3.05, 3.63) is 29.8 Å². The third-order valence-corrected chi connectivity index (χ3v) is 2.29. The minimum atomic E-state index is -1.000. The Morgan fingerprint density at radius 3 is 2.69 bits per heavy atom. The first-order chi connectivity index (χ1) is 7.56. The predicted molar refractivity (Wildman–Crippen MR) is 64.7 cm³/mol. The summed E-state index contributed by atoms with van der Waals surface area (Å²) in [4.78, 5) is 11.0. The lowest BCUT2D eigenvalue weighted by Crippen LogP contribution is -2.27. The molecule has 5 heteroatoms. The molecule has 0 aliphatic carbocycles. The summed E-state index contributed by atoms with van der Waals surface area (Å²) in [7, 11) is 0. The maximum atomic E-state index is 10.8. The molecule has 0 heterocycles. The first-order valence-electron chi connectivity index (χ1n) is 4.84. The monoisotopic (exact) mass is 239 g/mol. The lowest BCUT2D eigenvalue weighted by atomic mass is 10.2. The van der Waals surface area contributed by atoms with Crippen molar-refractivity contribution in [3.8, 4) is 5.75 Å². The molecule has 1 unspecified atom stereocenters. The molecule has 0 amide bonds. The molecule has 1 aromatic carbocycles. The van der Waals surface area contributed by atoms with Crippen LogP contribution in [0.1, 0.15) is 18.9 Å². The number of thiocarbonyl (C=S) groups is 1. The topological polar surface area (TPSA) is 72.5 Å². The van der Waals surface area contributed by atoms with Gasteiger partial charge in [-0.3, -0.25) is 0 Å². The number of ether oxygens (including phenoxy) is 1. The van der Waals surface area contributed by atoms with Crippen LogP contribution in [0.2, 0.25) is 0 Å². The molecule has 1 aromatic rings. The standard InChI is InChI=1S/C11H13NO3S/c1-2-8(11(13)14)15-9-6-4-3-5-7(9)10(12)16/h3-6,8H,2H2,1H3,(H2,12,16)(H,13,14). The summed E-state index contributed by atoms with van der Waals surface area (Å²) in [6, 6.07) is 6.86. The Balaban J connectivity index is 2.95. The normalized spacial score (nSPS) is 11.8. The number of carboxylic acid groups (broad SMARTS) is 1. The van der Waals surface area contributed by atoms with Crippen LogP contribution >= 0.6 is 12.2 Å². The van der Waals surface area contributed by atoms with Crippen LogP contribution in [-0.4, -0.2) is 22.2 Å². The molecule has 0 saturated carbocycles. The van der Waals surface area contributed by atoms with Gasteiger partial charge >= 0.3 is 5.97 Å². The molecule has 4 nitrogen and oxygen atoms in total. The average Bonchev–Trinajstić information content (AvgIpc) is 2.25. The van der Waals surface area contributed by atoms with Gasteiger partial charge in [0, 0.05) is 0 Å². The highest BCUT2D eigenvalue weighted by Gasteiger charge is 2.18. The van der Waals surface area contributed by atoms with Gasteiger partial charge in [0.1, 0.15) is 10.7 Å². The van der Waals surface area contributed by atoms with Gasteiger partial charge in [-0.2, -0.15) is 0 Å². The largest absolute Gasteiger partial charge is 0.479 e. The van der Waals surface area contributed by atoms with Crippen molar-refractivity contribution in [1.82, 2.24) is 0 Å². The van der Waals surface area contributed by atoms with E-state index in [0.717, 1.165) is 0 Å². The fraction of sp³-hybridized carbons (Fsp3) is 0.273. The van der Waals surface area contributed by atoms with Crippen molar-refractivity contribution in [2.24, 2.45) is 5.73 Å². The van der Waals surface area contributed by atoms with Crippen LogP contribution in [0.5, 0.6) is 5.75 Å². The highest BCUT2D eigenvalue weighted by atomic mass is 32.1. The van der Waals surface area contributed by atoms with Crippen LogP contribution in [0.4, 0.5) is 0 Å². The Bertz CT molecular complexity index is 406. The van der Waals surface area contributed by atoms with Crippen LogP contribution in [-0.2, 0) is 4.79 Å². The van der Waals surface area contributed by atoms with Crippen molar-refractivity contribution in [3.63, 3.8) is 0 Å². The van der Waals surface area contributed by atoms with Crippen molar-refractivity contribution in [2.75, 3.05) is 0 Å². The number of rotatable bonds is 5. The molecule has 3 N–H and O–H groups in total. The van der Waals surface area contributed by atoms with Crippen LogP contribution in [0.15, 0.2) is 24.3 Å². The minimum absolute atomic E-state index is 0.191. The van der Waals surface area contributed by atoms with Crippen molar-refractivity contribution < 1.29 is 14.6 Å². The van der Waals surface area contributed by atoms with Crippen LogP contribution in [0, 0.1) is 0 Å². The summed E-state index contributed by atoms with van der Waals surface area (Å²) in [5.41, 5.74) is 6.06. The van der Waals surface area contributed by atoms with E-state index < -0.39 is 12.1 Å². The number of benzene rings is 1.